The number of benzene rings is 2. The maximum Gasteiger partial charge on any atom is 0.368 e. The van der Waals surface area contributed by atoms with E-state index in [-0.39, 0.29) is 12.3 Å². The van der Waals surface area contributed by atoms with Crippen LogP contribution >= 0.6 is 0 Å². The second kappa shape index (κ2) is 7.42. The van der Waals surface area contributed by atoms with Crippen molar-refractivity contribution in [2.24, 2.45) is 12.2 Å². The zero-order valence-corrected chi connectivity index (χ0v) is 16.3. The van der Waals surface area contributed by atoms with E-state index >= 15 is 0 Å². The highest BCUT2D eigenvalue weighted by Crippen LogP contribution is 2.26. The van der Waals surface area contributed by atoms with Crippen LogP contribution in [-0.2, 0) is 31.3 Å². The summed E-state index contributed by atoms with van der Waals surface area (Å²) in [5.74, 6) is 0. The highest BCUT2D eigenvalue weighted by molar-refractivity contribution is 6.00. The van der Waals surface area contributed by atoms with E-state index in [2.05, 4.69) is 33.8 Å². The molecule has 28 heavy (non-hydrogen) atoms. The van der Waals surface area contributed by atoms with Crippen LogP contribution in [0.4, 0.5) is 0 Å². The van der Waals surface area contributed by atoms with Gasteiger partial charge in [0, 0.05) is 18.2 Å². The Hall–Kier alpha value is -3.22. The van der Waals surface area contributed by atoms with Gasteiger partial charge in [-0.15, -0.1) is 0 Å². The van der Waals surface area contributed by atoms with Gasteiger partial charge in [0.05, 0.1) is 11.4 Å². The highest BCUT2D eigenvalue weighted by Gasteiger charge is 2.16. The molecule has 0 saturated carbocycles. The molecule has 1 aromatic heterocycles. The minimum absolute atomic E-state index is 0.247. The van der Waals surface area contributed by atoms with Crippen molar-refractivity contribution in [2.75, 3.05) is 0 Å². The molecular weight excluding hydrogens is 354 g/mol. The fourth-order valence-corrected chi connectivity index (χ4v) is 3.74. The Morgan fingerprint density at radius 2 is 2.00 bits per heavy atom. The molecule has 2 aromatic carbocycles. The number of hydrogen-bond acceptors (Lipinski definition) is 5. The normalized spacial score (nSPS) is 13.6. The maximum absolute atomic E-state index is 12.2. The van der Waals surface area contributed by atoms with Gasteiger partial charge >= 0.3 is 5.69 Å². The Bertz CT molecular complexity index is 1110. The van der Waals surface area contributed by atoms with Gasteiger partial charge in [-0.1, -0.05) is 35.5 Å². The predicted molar refractivity (Wildman–Crippen MR) is 107 cm³/mol. The van der Waals surface area contributed by atoms with Gasteiger partial charge in [0.15, 0.2) is 0 Å². The average molecular weight is 377 g/mol. The van der Waals surface area contributed by atoms with E-state index in [1.165, 1.54) is 26.9 Å². The molecule has 3 aromatic rings. The number of hydrogen-bond donors (Lipinski definition) is 0. The molecule has 1 aliphatic carbocycles. The second-order valence-corrected chi connectivity index (χ2v) is 7.12. The molecule has 0 atom stereocenters. The van der Waals surface area contributed by atoms with Crippen molar-refractivity contribution in [3.63, 3.8) is 0 Å². The zero-order chi connectivity index (χ0) is 19.7. The molecule has 0 bridgehead atoms. The summed E-state index contributed by atoms with van der Waals surface area (Å²) in [5, 5.41) is 12.1. The maximum atomic E-state index is 12.2. The fourth-order valence-electron chi connectivity index (χ4n) is 3.74. The first kappa shape index (κ1) is 18.2. The van der Waals surface area contributed by atoms with Crippen LogP contribution in [0.25, 0.3) is 5.69 Å². The molecule has 0 radical (unpaired) electrons. The van der Waals surface area contributed by atoms with Crippen molar-refractivity contribution >= 4 is 5.71 Å². The van der Waals surface area contributed by atoms with Gasteiger partial charge in [0.2, 0.25) is 0 Å². The Kier molecular flexibility index (Phi) is 4.81. The Morgan fingerprint density at radius 3 is 2.79 bits per heavy atom. The molecule has 0 N–H and O–H groups in total. The zero-order valence-electron chi connectivity index (χ0n) is 16.3. The lowest BCUT2D eigenvalue weighted by Gasteiger charge is -2.11. The highest BCUT2D eigenvalue weighted by atomic mass is 16.6. The van der Waals surface area contributed by atoms with Gasteiger partial charge in [-0.05, 0) is 66.3 Å². The molecule has 1 heterocycles. The Balaban J connectivity index is 1.59. The summed E-state index contributed by atoms with van der Waals surface area (Å²) >= 11 is 0. The van der Waals surface area contributed by atoms with E-state index in [1.54, 1.807) is 7.05 Å². The lowest BCUT2D eigenvalue weighted by Crippen LogP contribution is -2.23. The van der Waals surface area contributed by atoms with E-state index in [4.69, 9.17) is 4.84 Å². The van der Waals surface area contributed by atoms with Crippen molar-refractivity contribution in [3.05, 3.63) is 74.7 Å². The van der Waals surface area contributed by atoms with Gasteiger partial charge in [0.1, 0.15) is 6.61 Å². The average Bonchev–Trinajstić information content (AvgIpc) is 3.30. The van der Waals surface area contributed by atoms with E-state index in [0.717, 1.165) is 35.2 Å². The van der Waals surface area contributed by atoms with Gasteiger partial charge in [0.25, 0.3) is 0 Å². The number of tetrazole rings is 1. The number of fused-ring (bicyclic) bond motifs is 1. The first-order valence-electron chi connectivity index (χ1n) is 9.42. The van der Waals surface area contributed by atoms with E-state index in [0.29, 0.717) is 5.69 Å². The van der Waals surface area contributed by atoms with Gasteiger partial charge in [-0.2, -0.15) is 9.36 Å². The molecule has 0 aliphatic heterocycles. The second-order valence-electron chi connectivity index (χ2n) is 7.12. The standard InChI is InChI=1S/C21H23N5O2/c1-14-7-4-12-20(26-21(27)25(3)23-24-26)19(14)13-28-22-15(2)17-10-5-8-16-9-6-11-18(16)17/h4-5,7-8,10,12H,6,9,11,13H2,1-3H3/b22-15-. The largest absolute Gasteiger partial charge is 0.391 e. The Labute approximate surface area is 163 Å². The third-order valence-corrected chi connectivity index (χ3v) is 5.28. The summed E-state index contributed by atoms with van der Waals surface area (Å²) in [6.07, 6.45) is 3.42. The van der Waals surface area contributed by atoms with E-state index in [1.807, 2.05) is 32.0 Å². The van der Waals surface area contributed by atoms with Crippen molar-refractivity contribution in [3.8, 4) is 5.69 Å². The topological polar surface area (TPSA) is 74.3 Å². The number of nitrogens with zero attached hydrogens (tertiary/aromatic N) is 5. The summed E-state index contributed by atoms with van der Waals surface area (Å²) in [5.41, 5.74) is 7.04. The van der Waals surface area contributed by atoms with Crippen LogP contribution in [0.2, 0.25) is 0 Å². The summed E-state index contributed by atoms with van der Waals surface area (Å²) < 4.78 is 2.48. The third kappa shape index (κ3) is 3.24. The number of aryl methyl sites for hydroxylation is 3. The number of rotatable bonds is 5. The molecule has 0 saturated heterocycles. The number of oxime groups is 1. The third-order valence-electron chi connectivity index (χ3n) is 5.28. The van der Waals surface area contributed by atoms with Crippen LogP contribution in [-0.4, -0.2) is 25.5 Å². The SMILES string of the molecule is C/C(=N/OCc1c(C)cccc1-n1nnn(C)c1=O)c1cccc2c1CCC2. The van der Waals surface area contributed by atoms with Gasteiger partial charge in [-0.3, -0.25) is 0 Å². The predicted octanol–water partition coefficient (Wildman–Crippen LogP) is 2.70. The minimum atomic E-state index is -0.300. The minimum Gasteiger partial charge on any atom is -0.391 e. The Morgan fingerprint density at radius 1 is 1.18 bits per heavy atom. The molecule has 0 fully saturated rings. The van der Waals surface area contributed by atoms with Crippen molar-refractivity contribution in [1.82, 2.24) is 19.8 Å². The summed E-state index contributed by atoms with van der Waals surface area (Å²) in [4.78, 5) is 17.9. The van der Waals surface area contributed by atoms with Crippen molar-refractivity contribution in [2.45, 2.75) is 39.7 Å². The lowest BCUT2D eigenvalue weighted by molar-refractivity contribution is 0.130. The van der Waals surface area contributed by atoms with Gasteiger partial charge < -0.3 is 4.84 Å². The molecule has 0 unspecified atom stereocenters. The van der Waals surface area contributed by atoms with E-state index in [9.17, 15) is 4.79 Å². The monoisotopic (exact) mass is 377 g/mol. The van der Waals surface area contributed by atoms with Crippen LogP contribution in [0.15, 0.2) is 46.3 Å². The summed E-state index contributed by atoms with van der Waals surface area (Å²) in [6.45, 7) is 4.20. The summed E-state index contributed by atoms with van der Waals surface area (Å²) in [7, 11) is 1.57. The van der Waals surface area contributed by atoms with Crippen LogP contribution in [0.3, 0.4) is 0 Å². The molecule has 4 rings (SSSR count). The molecule has 144 valence electrons. The number of aromatic nitrogens is 4. The lowest BCUT2D eigenvalue weighted by atomic mass is 10.0. The van der Waals surface area contributed by atoms with Crippen LogP contribution in [0, 0.1) is 6.92 Å². The van der Waals surface area contributed by atoms with Crippen LogP contribution in [0.5, 0.6) is 0 Å². The molecule has 0 spiro atoms. The first-order valence-corrected chi connectivity index (χ1v) is 9.42. The quantitative estimate of drug-likeness (QED) is 0.506. The van der Waals surface area contributed by atoms with Crippen molar-refractivity contribution in [1.29, 1.82) is 0 Å². The first-order chi connectivity index (χ1) is 13.6. The fraction of sp³-hybridized carbons (Fsp3) is 0.333. The summed E-state index contributed by atoms with van der Waals surface area (Å²) in [6, 6.07) is 12.1. The smallest absolute Gasteiger partial charge is 0.368 e. The molecule has 0 amide bonds. The molecule has 1 aliphatic rings. The molecule has 7 heteroatoms. The van der Waals surface area contributed by atoms with E-state index < -0.39 is 0 Å². The van der Waals surface area contributed by atoms with Gasteiger partial charge in [-0.25, -0.2) is 4.79 Å². The van der Waals surface area contributed by atoms with Crippen LogP contribution in [0.1, 0.15) is 41.2 Å². The van der Waals surface area contributed by atoms with Crippen molar-refractivity contribution < 1.29 is 4.84 Å². The van der Waals surface area contributed by atoms with Crippen LogP contribution < -0.4 is 5.69 Å². The molecular formula is C21H23N5O2. The molecule has 7 nitrogen and oxygen atoms in total.